The number of phosphoric ester groups is 1. The zero-order valence-corrected chi connectivity index (χ0v) is 21.4. The molecule has 19 nitrogen and oxygen atoms in total. The van der Waals surface area contributed by atoms with Gasteiger partial charge in [0.2, 0.25) is 0 Å². The molecule has 0 spiro atoms. The van der Waals surface area contributed by atoms with Crippen molar-refractivity contribution in [1.82, 2.24) is 31.2 Å². The van der Waals surface area contributed by atoms with Gasteiger partial charge >= 0.3 is 13.5 Å². The predicted octanol–water partition coefficient (Wildman–Crippen LogP) is -3.75. The number of nitrogen functional groups attached to an aromatic ring is 1. The van der Waals surface area contributed by atoms with E-state index in [4.69, 9.17) is 30.0 Å². The average molecular weight is 577 g/mol. The Balaban J connectivity index is 0.00000353. The smallest absolute Gasteiger partial charge is 0.394 e. The van der Waals surface area contributed by atoms with Crippen molar-refractivity contribution in [3.8, 4) is 0 Å². The molecule has 39 heavy (non-hydrogen) atoms. The summed E-state index contributed by atoms with van der Waals surface area (Å²) in [6.45, 7) is -1.06. The highest BCUT2D eigenvalue weighted by molar-refractivity contribution is 7.47. The molecule has 10 atom stereocenters. The number of aliphatic hydroxyl groups excluding tert-OH is 2. The van der Waals surface area contributed by atoms with Gasteiger partial charge in [-0.15, -0.1) is 0 Å². The van der Waals surface area contributed by atoms with Crippen LogP contribution < -0.4 is 33.9 Å². The zero-order chi connectivity index (χ0) is 27.2. The highest BCUT2D eigenvalue weighted by Gasteiger charge is 2.48. The SMILES string of the molecule is N.Nc1ccn(C2CC(OP(=O)(O)OCC3OC(N4C=NC5C(=O)NC(N)NC54)CC3O)C(CO)O2)c(=O)n1. The number of nitrogens with two attached hydrogens (primary N) is 2. The molecular formula is C19H32N9O10P. The van der Waals surface area contributed by atoms with Crippen molar-refractivity contribution in [1.29, 1.82) is 0 Å². The number of fused-ring (bicyclic) bond motifs is 1. The molecule has 3 fully saturated rings. The molecule has 0 saturated carbocycles. The van der Waals surface area contributed by atoms with Gasteiger partial charge in [-0.1, -0.05) is 0 Å². The summed E-state index contributed by atoms with van der Waals surface area (Å²) in [5, 5.41) is 25.6. The lowest BCUT2D eigenvalue weighted by atomic mass is 10.1. The third-order valence-corrected chi connectivity index (χ3v) is 7.64. The summed E-state index contributed by atoms with van der Waals surface area (Å²) < 4.78 is 35.6. The first kappa shape index (κ1) is 29.4. The Labute approximate surface area is 221 Å². The Morgan fingerprint density at radius 2 is 1.97 bits per heavy atom. The Kier molecular flexibility index (Phi) is 8.69. The van der Waals surface area contributed by atoms with E-state index in [0.717, 1.165) is 4.57 Å². The molecule has 20 heteroatoms. The minimum atomic E-state index is -4.72. The maximum Gasteiger partial charge on any atom is 0.472 e. The van der Waals surface area contributed by atoms with Crippen molar-refractivity contribution in [2.75, 3.05) is 18.9 Å². The van der Waals surface area contributed by atoms with Crippen LogP contribution in [0.15, 0.2) is 22.1 Å². The van der Waals surface area contributed by atoms with Gasteiger partial charge in [-0.05, 0) is 6.07 Å². The van der Waals surface area contributed by atoms with Gasteiger partial charge in [0.25, 0.3) is 5.91 Å². The number of carbonyl (C=O) groups is 1. The van der Waals surface area contributed by atoms with Crippen LogP contribution in [-0.2, 0) is 27.9 Å². The van der Waals surface area contributed by atoms with Crippen LogP contribution in [0.2, 0.25) is 0 Å². The Morgan fingerprint density at radius 3 is 2.69 bits per heavy atom. The fourth-order valence-electron chi connectivity index (χ4n) is 4.78. The predicted molar refractivity (Wildman–Crippen MR) is 131 cm³/mol. The van der Waals surface area contributed by atoms with Crippen molar-refractivity contribution in [3.05, 3.63) is 22.7 Å². The number of hydrogen-bond donors (Lipinski definition) is 8. The molecular weight excluding hydrogens is 545 g/mol. The molecule has 12 N–H and O–H groups in total. The standard InChI is InChI=1S/C19H29N8O10P.H3N/c20-12-1-2-26(19(31)23-12)14-4-9(10(5-28)35-14)37-38(32,33)34-6-11-8(29)3-13(36-11)27-7-22-15-16(27)24-18(21)25-17(15)30;/h1-2,7-11,13-16,18,24,28-29H,3-6,21H2,(H,25,30)(H,32,33)(H2,20,23,31);1H3. The highest BCUT2D eigenvalue weighted by atomic mass is 31.2. The number of aliphatic imine (C=N–C) groups is 1. The van der Waals surface area contributed by atoms with E-state index < -0.39 is 82.1 Å². The van der Waals surface area contributed by atoms with Crippen LogP contribution in [0.3, 0.4) is 0 Å². The molecule has 0 radical (unpaired) electrons. The normalized spacial score (nSPS) is 37.3. The number of carbonyl (C=O) groups excluding carboxylic acids is 1. The number of rotatable bonds is 8. The maximum absolute atomic E-state index is 12.7. The van der Waals surface area contributed by atoms with Crippen LogP contribution in [0.1, 0.15) is 19.1 Å². The number of amides is 1. The molecule has 0 bridgehead atoms. The van der Waals surface area contributed by atoms with E-state index in [9.17, 15) is 29.3 Å². The lowest BCUT2D eigenvalue weighted by Crippen LogP contribution is -2.69. The summed E-state index contributed by atoms with van der Waals surface area (Å²) >= 11 is 0. The second-order valence-electron chi connectivity index (χ2n) is 9.18. The number of anilines is 1. The van der Waals surface area contributed by atoms with E-state index in [1.807, 2.05) is 0 Å². The van der Waals surface area contributed by atoms with E-state index in [0.29, 0.717) is 0 Å². The van der Waals surface area contributed by atoms with Gasteiger partial charge in [0.15, 0.2) is 6.04 Å². The number of hydrogen-bond acceptors (Lipinski definition) is 16. The number of ether oxygens (including phenoxy) is 2. The van der Waals surface area contributed by atoms with E-state index in [-0.39, 0.29) is 30.7 Å². The molecule has 5 rings (SSSR count). The van der Waals surface area contributed by atoms with Crippen molar-refractivity contribution < 1.29 is 43.0 Å². The van der Waals surface area contributed by atoms with Crippen LogP contribution in [0.4, 0.5) is 5.82 Å². The number of aromatic nitrogens is 2. The highest BCUT2D eigenvalue weighted by Crippen LogP contribution is 2.48. The van der Waals surface area contributed by atoms with Gasteiger partial charge in [-0.3, -0.25) is 34.5 Å². The Morgan fingerprint density at radius 1 is 1.23 bits per heavy atom. The fourth-order valence-corrected chi connectivity index (χ4v) is 5.74. The van der Waals surface area contributed by atoms with Crippen LogP contribution >= 0.6 is 7.82 Å². The summed E-state index contributed by atoms with van der Waals surface area (Å²) in [6, 6.07) is 0.642. The molecule has 10 unspecified atom stereocenters. The summed E-state index contributed by atoms with van der Waals surface area (Å²) in [7, 11) is -4.72. The third kappa shape index (κ3) is 6.13. The summed E-state index contributed by atoms with van der Waals surface area (Å²) in [6.07, 6.45) is -4.37. The molecule has 0 aliphatic carbocycles. The van der Waals surface area contributed by atoms with Crippen molar-refractivity contribution in [3.63, 3.8) is 0 Å². The van der Waals surface area contributed by atoms with Gasteiger partial charge in [0.05, 0.1) is 25.7 Å². The van der Waals surface area contributed by atoms with Gasteiger partial charge in [0, 0.05) is 19.0 Å². The Hall–Kier alpha value is -2.55. The van der Waals surface area contributed by atoms with Crippen LogP contribution in [0, 0.1) is 0 Å². The molecule has 4 aliphatic heterocycles. The van der Waals surface area contributed by atoms with E-state index in [1.54, 1.807) is 4.90 Å². The molecule has 1 aromatic heterocycles. The van der Waals surface area contributed by atoms with E-state index >= 15 is 0 Å². The Bertz CT molecular complexity index is 1190. The van der Waals surface area contributed by atoms with E-state index in [2.05, 4.69) is 20.6 Å². The summed E-state index contributed by atoms with van der Waals surface area (Å²) in [5.41, 5.74) is 10.6. The molecule has 0 aromatic carbocycles. The van der Waals surface area contributed by atoms with Crippen molar-refractivity contribution >= 4 is 25.9 Å². The maximum atomic E-state index is 12.7. The third-order valence-electron chi connectivity index (χ3n) is 6.63. The molecule has 3 saturated heterocycles. The van der Waals surface area contributed by atoms with Gasteiger partial charge < -0.3 is 46.7 Å². The first-order valence-corrected chi connectivity index (χ1v) is 13.3. The molecule has 218 valence electrons. The van der Waals surface area contributed by atoms with Gasteiger partial charge in [-0.2, -0.15) is 4.98 Å². The van der Waals surface area contributed by atoms with Crippen LogP contribution in [0.25, 0.3) is 0 Å². The quantitative estimate of drug-likeness (QED) is 0.138. The monoisotopic (exact) mass is 577 g/mol. The average Bonchev–Trinajstić information content (AvgIpc) is 3.54. The van der Waals surface area contributed by atoms with E-state index in [1.165, 1.54) is 18.6 Å². The van der Waals surface area contributed by atoms with Crippen molar-refractivity contribution in [2.45, 2.75) is 68.2 Å². The van der Waals surface area contributed by atoms with Gasteiger partial charge in [-0.25, -0.2) is 9.36 Å². The molecule has 4 aliphatic rings. The summed E-state index contributed by atoms with van der Waals surface area (Å²) in [5.74, 6) is -0.336. The number of aliphatic hydroxyl groups is 2. The largest absolute Gasteiger partial charge is 0.472 e. The van der Waals surface area contributed by atoms with Crippen LogP contribution in [-0.4, -0.2) is 104 Å². The number of nitrogens with one attached hydrogen (secondary N) is 2. The topological polar surface area (TPSA) is 293 Å². The number of nitrogens with zero attached hydrogens (tertiary/aromatic N) is 4. The first-order chi connectivity index (χ1) is 18.0. The minimum Gasteiger partial charge on any atom is -0.394 e. The lowest BCUT2D eigenvalue weighted by Gasteiger charge is -2.37. The first-order valence-electron chi connectivity index (χ1n) is 11.8. The minimum absolute atomic E-state index is 0. The summed E-state index contributed by atoms with van der Waals surface area (Å²) in [4.78, 5) is 43.9. The second-order valence-corrected chi connectivity index (χ2v) is 10.6. The van der Waals surface area contributed by atoms with Crippen LogP contribution in [0.5, 0.6) is 0 Å². The molecule has 1 amide bonds. The van der Waals surface area contributed by atoms with Gasteiger partial charge in [0.1, 0.15) is 49.0 Å². The molecule has 1 aromatic rings. The molecule has 5 heterocycles. The fraction of sp³-hybridized carbons (Fsp3) is 0.684. The zero-order valence-electron chi connectivity index (χ0n) is 20.6. The van der Waals surface area contributed by atoms with Crippen molar-refractivity contribution in [2.24, 2.45) is 10.7 Å². The second kappa shape index (κ2) is 11.5. The lowest BCUT2D eigenvalue weighted by molar-refractivity contribution is -0.129. The number of phosphoric acid groups is 1.